The number of hydrogen-bond donors (Lipinski definition) is 1. The van der Waals surface area contributed by atoms with Crippen molar-refractivity contribution in [2.24, 2.45) is 0 Å². The Bertz CT molecular complexity index is 261. The van der Waals surface area contributed by atoms with Gasteiger partial charge < -0.3 is 4.74 Å². The molecule has 1 unspecified atom stereocenters. The number of unbranched alkanes of at least 4 members (excludes halogenated alkanes) is 1. The molecule has 6 heteroatoms. The lowest BCUT2D eigenvalue weighted by Crippen LogP contribution is -2.03. The molecule has 0 spiro atoms. The Kier molecular flexibility index (Phi) is 15.5. The average Bonchev–Trinajstić information content (AvgIpc) is 2.34. The topological polar surface area (TPSA) is 72.8 Å². The fourth-order valence-electron chi connectivity index (χ4n) is 0.735. The molecule has 1 atom stereocenters. The molecule has 0 aromatic heterocycles. The summed E-state index contributed by atoms with van der Waals surface area (Å²) in [5.74, 6) is -0.457. The van der Waals surface area contributed by atoms with E-state index < -0.39 is 14.2 Å². The molecule has 0 aliphatic carbocycles. The third kappa shape index (κ3) is 15.2. The van der Waals surface area contributed by atoms with Crippen molar-refractivity contribution in [1.82, 2.24) is 0 Å². The summed E-state index contributed by atoms with van der Waals surface area (Å²) in [7, 11) is -2.61. The van der Waals surface area contributed by atoms with E-state index in [0.717, 1.165) is 0 Å². The van der Waals surface area contributed by atoms with Crippen molar-refractivity contribution in [3.63, 3.8) is 0 Å². The lowest BCUT2D eigenvalue weighted by molar-refractivity contribution is -0.137. The number of hydrogen-bond acceptors (Lipinski definition) is 4. The molecule has 5 nitrogen and oxygen atoms in total. The van der Waals surface area contributed by atoms with Crippen LogP contribution in [0.4, 0.5) is 0 Å². The first kappa shape index (κ1) is 19.6. The molecule has 0 aliphatic rings. The average molecular weight is 279 g/mol. The molecule has 0 heterocycles. The predicted octanol–water partition coefficient (Wildman–Crippen LogP) is 3.36. The van der Waals surface area contributed by atoms with Crippen LogP contribution in [0.25, 0.3) is 0 Å². The maximum Gasteiger partial charge on any atom is 0.695 e. The summed E-state index contributed by atoms with van der Waals surface area (Å²) in [5.41, 5.74) is 0.626. The van der Waals surface area contributed by atoms with E-state index in [9.17, 15) is 9.36 Å². The highest BCUT2D eigenvalue weighted by Crippen LogP contribution is 2.17. The van der Waals surface area contributed by atoms with Crippen molar-refractivity contribution in [2.75, 3.05) is 13.2 Å². The Balaban J connectivity index is 0. The van der Waals surface area contributed by atoms with Crippen molar-refractivity contribution in [2.45, 2.75) is 47.0 Å². The van der Waals surface area contributed by atoms with Crippen LogP contribution in [0.15, 0.2) is 11.6 Å². The normalized spacial score (nSPS) is 11.4. The second kappa shape index (κ2) is 14.3. The summed E-state index contributed by atoms with van der Waals surface area (Å²) in [6.45, 7) is 8.17. The minimum atomic E-state index is -2.61. The Hall–Kier alpha value is -0.770. The predicted molar refractivity (Wildman–Crippen MR) is 71.4 cm³/mol. The fraction of sp³-hybridized carbons (Fsp3) is 0.750. The van der Waals surface area contributed by atoms with E-state index in [-0.39, 0.29) is 6.61 Å². The first-order valence-corrected chi connectivity index (χ1v) is 7.29. The van der Waals surface area contributed by atoms with Gasteiger partial charge in [0.15, 0.2) is 0 Å². The van der Waals surface area contributed by atoms with Gasteiger partial charge in [0.1, 0.15) is 6.61 Å². The third-order valence-corrected chi connectivity index (χ3v) is 2.27. The number of carbonyl (C=O) groups excluding carboxylic acids is 1. The van der Waals surface area contributed by atoms with Crippen LogP contribution < -0.4 is 0 Å². The zero-order valence-electron chi connectivity index (χ0n) is 11.6. The third-order valence-electron chi connectivity index (χ3n) is 1.92. The van der Waals surface area contributed by atoms with Crippen LogP contribution in [0.2, 0.25) is 0 Å². The molecule has 0 radical (unpaired) electrons. The van der Waals surface area contributed by atoms with Crippen LogP contribution in [0.5, 0.6) is 0 Å². The lowest BCUT2D eigenvalue weighted by Gasteiger charge is -1.99. The number of rotatable bonds is 7. The molecule has 0 aromatic carbocycles. The van der Waals surface area contributed by atoms with Gasteiger partial charge in [-0.25, -0.2) is 4.79 Å². The van der Waals surface area contributed by atoms with Crippen molar-refractivity contribution >= 4 is 14.2 Å². The first-order chi connectivity index (χ1) is 8.51. The number of carbonyl (C=O) groups is 1. The molecule has 1 N–H and O–H groups in total. The maximum atomic E-state index is 11.0. The highest BCUT2D eigenvalue weighted by Gasteiger charge is 2.13. The van der Waals surface area contributed by atoms with E-state index in [1.165, 1.54) is 18.9 Å². The molecule has 0 fully saturated rings. The molecule has 0 rings (SSSR count). The van der Waals surface area contributed by atoms with E-state index in [4.69, 9.17) is 4.89 Å². The minimum Gasteiger partial charge on any atom is -0.463 e. The molecule has 0 saturated heterocycles. The second-order valence-corrected chi connectivity index (χ2v) is 4.15. The highest BCUT2D eigenvalue weighted by atomic mass is 31.1. The van der Waals surface area contributed by atoms with Gasteiger partial charge >= 0.3 is 14.2 Å². The Morgan fingerprint density at radius 1 is 1.22 bits per heavy atom. The zero-order chi connectivity index (χ0) is 14.4. The molecule has 106 valence electrons. The van der Waals surface area contributed by atoms with Crippen LogP contribution in [0.1, 0.15) is 47.0 Å². The zero-order valence-corrected chi connectivity index (χ0v) is 12.5. The highest BCUT2D eigenvalue weighted by molar-refractivity contribution is 7.32. The summed E-state index contributed by atoms with van der Waals surface area (Å²) in [5, 5.41) is 0. The second-order valence-electron chi connectivity index (χ2n) is 3.42. The molecule has 0 amide bonds. The summed E-state index contributed by atoms with van der Waals surface area (Å²) < 4.78 is 19.4. The Morgan fingerprint density at radius 2 is 1.78 bits per heavy atom. The summed E-state index contributed by atoms with van der Waals surface area (Å²) >= 11 is 0. The van der Waals surface area contributed by atoms with Gasteiger partial charge in [0.2, 0.25) is 0 Å². The van der Waals surface area contributed by atoms with E-state index in [1.807, 2.05) is 6.92 Å². The smallest absolute Gasteiger partial charge is 0.463 e. The fourth-order valence-corrected chi connectivity index (χ4v) is 1.01. The van der Waals surface area contributed by atoms with Crippen LogP contribution >= 0.6 is 8.25 Å². The van der Waals surface area contributed by atoms with Crippen LogP contribution in [-0.4, -0.2) is 24.1 Å². The molecule has 0 aliphatic heterocycles. The monoisotopic (exact) mass is 279 g/mol. The number of ether oxygens (including phenoxy) is 1. The molecular weight excluding hydrogens is 255 g/mol. The van der Waals surface area contributed by atoms with Crippen molar-refractivity contribution in [3.8, 4) is 0 Å². The van der Waals surface area contributed by atoms with Crippen LogP contribution in [0, 0.1) is 0 Å². The van der Waals surface area contributed by atoms with Crippen LogP contribution in [-0.2, 0) is 18.6 Å². The van der Waals surface area contributed by atoms with E-state index >= 15 is 0 Å². The van der Waals surface area contributed by atoms with Gasteiger partial charge in [-0.3, -0.25) is 0 Å². The quantitative estimate of drug-likeness (QED) is 0.439. The first-order valence-electron chi connectivity index (χ1n) is 6.16. The van der Waals surface area contributed by atoms with Gasteiger partial charge in [0.25, 0.3) is 0 Å². The van der Waals surface area contributed by atoms with Gasteiger partial charge in [0.05, 0.1) is 6.61 Å². The van der Waals surface area contributed by atoms with E-state index in [1.54, 1.807) is 6.92 Å². The van der Waals surface area contributed by atoms with Crippen molar-refractivity contribution in [3.05, 3.63) is 11.6 Å². The summed E-state index contributed by atoms with van der Waals surface area (Å²) in [6, 6.07) is 0. The molecule has 0 bridgehead atoms. The van der Waals surface area contributed by atoms with Crippen LogP contribution in [0.3, 0.4) is 0 Å². The van der Waals surface area contributed by atoms with Crippen molar-refractivity contribution in [1.29, 1.82) is 0 Å². The minimum absolute atomic E-state index is 0.0268. The van der Waals surface area contributed by atoms with Gasteiger partial charge in [-0.05, 0) is 18.9 Å². The summed E-state index contributed by atoms with van der Waals surface area (Å²) in [4.78, 5) is 19.3. The molecule has 0 aromatic rings. The molecule has 0 saturated carbocycles. The summed E-state index contributed by atoms with van der Waals surface area (Å²) in [6.07, 6.45) is 4.49. The SMILES string of the molecule is CCCC.CCOC(=O)/C=C(\CC)CO[P+](=O)O. The largest absolute Gasteiger partial charge is 0.695 e. The molecular formula is C12H24O5P+. The van der Waals surface area contributed by atoms with Crippen molar-refractivity contribution < 1.29 is 23.5 Å². The Morgan fingerprint density at radius 3 is 2.11 bits per heavy atom. The maximum absolute atomic E-state index is 11.0. The van der Waals surface area contributed by atoms with Gasteiger partial charge in [-0.15, -0.1) is 9.42 Å². The standard InChI is InChI=1S/C8H13O5P.C4H10/c1-3-7(6-13-14(10)11)5-8(9)12-4-2;1-3-4-2/h5H,3-4,6H2,1-2H3;3-4H2,1-2H3/p+1/b7-5+;. The lowest BCUT2D eigenvalue weighted by atomic mass is 10.2. The van der Waals surface area contributed by atoms with Gasteiger partial charge in [-0.1, -0.05) is 33.6 Å². The Labute approximate surface area is 110 Å². The van der Waals surface area contributed by atoms with E-state index in [0.29, 0.717) is 18.6 Å². The number of esters is 1. The van der Waals surface area contributed by atoms with Gasteiger partial charge in [-0.2, -0.15) is 0 Å². The van der Waals surface area contributed by atoms with Gasteiger partial charge in [0, 0.05) is 10.6 Å². The molecule has 18 heavy (non-hydrogen) atoms. The van der Waals surface area contributed by atoms with E-state index in [2.05, 4.69) is 23.1 Å².